The van der Waals surface area contributed by atoms with Crippen LogP contribution in [0.2, 0.25) is 33.2 Å². The Morgan fingerprint density at radius 2 is 0.645 bits per heavy atom. The second-order valence-corrected chi connectivity index (χ2v) is 30.5. The van der Waals surface area contributed by atoms with Crippen molar-refractivity contribution in [1.29, 1.82) is 0 Å². The molecule has 0 aliphatic rings. The van der Waals surface area contributed by atoms with Gasteiger partial charge in [0, 0.05) is 33.4 Å². The summed E-state index contributed by atoms with van der Waals surface area (Å²) in [7, 11) is -3.70. The highest BCUT2D eigenvalue weighted by molar-refractivity contribution is 6.91. The Balaban J connectivity index is 1.91. The van der Waals surface area contributed by atoms with Gasteiger partial charge in [-0.25, -0.2) is 0 Å². The van der Waals surface area contributed by atoms with Crippen LogP contribution in [0.1, 0.15) is 193 Å². The largest absolute Gasteiger partial charge is 0.146 e. The fourth-order valence-corrected chi connectivity index (χ4v) is 20.2. The molecule has 0 saturated carbocycles. The first-order valence-corrected chi connectivity index (χ1v) is 28.5. The third kappa shape index (κ3) is 15.4. The van der Waals surface area contributed by atoms with E-state index in [0.29, 0.717) is 33.2 Å². The zero-order valence-corrected chi connectivity index (χ0v) is 43.3. The summed E-state index contributed by atoms with van der Waals surface area (Å²) in [6.07, 6.45) is 12.0. The lowest BCUT2D eigenvalue weighted by atomic mass is 10.0. The van der Waals surface area contributed by atoms with E-state index >= 15 is 0 Å². The predicted molar refractivity (Wildman–Crippen MR) is 278 cm³/mol. The summed E-state index contributed by atoms with van der Waals surface area (Å²) < 4.78 is 0. The lowest BCUT2D eigenvalue weighted by Gasteiger charge is -2.38. The Kier molecular flexibility index (Phi) is 21.9. The number of unbranched alkanes of at least 4 members (excludes halogenated alkanes) is 6. The maximum absolute atomic E-state index is 3.92. The molecule has 2 heteroatoms. The maximum atomic E-state index is 3.92. The van der Waals surface area contributed by atoms with Crippen molar-refractivity contribution in [2.45, 2.75) is 194 Å². The normalized spacial score (nSPS) is 11.2. The molecule has 3 rings (SSSR count). The summed E-state index contributed by atoms with van der Waals surface area (Å²) in [5.74, 6) is 33.1. The van der Waals surface area contributed by atoms with Crippen LogP contribution in [0.5, 0.6) is 0 Å². The quantitative estimate of drug-likeness (QED) is 0.0765. The Hall–Kier alpha value is -4.55. The Morgan fingerprint density at radius 3 is 0.952 bits per heavy atom. The lowest BCUT2D eigenvalue weighted by Crippen LogP contribution is -2.43. The molecule has 3 aromatic carbocycles. The van der Waals surface area contributed by atoms with Crippen molar-refractivity contribution in [2.24, 2.45) is 0 Å². The van der Waals surface area contributed by atoms with Gasteiger partial charge in [0.1, 0.15) is 16.1 Å². The van der Waals surface area contributed by atoms with Crippen LogP contribution < -0.4 is 0 Å². The molecule has 0 fully saturated rings. The highest BCUT2D eigenvalue weighted by atomic mass is 28.3. The van der Waals surface area contributed by atoms with E-state index in [4.69, 9.17) is 0 Å². The summed E-state index contributed by atoms with van der Waals surface area (Å²) in [4.78, 5) is 0. The average Bonchev–Trinajstić information content (AvgIpc) is 3.21. The van der Waals surface area contributed by atoms with Crippen LogP contribution in [0.25, 0.3) is 0 Å². The zero-order chi connectivity index (χ0) is 45.7. The third-order valence-corrected chi connectivity index (χ3v) is 25.6. The van der Waals surface area contributed by atoms with Crippen molar-refractivity contribution in [3.63, 3.8) is 0 Å². The number of rotatable bonds is 16. The molecule has 0 bridgehead atoms. The minimum absolute atomic E-state index is 0.595. The van der Waals surface area contributed by atoms with Gasteiger partial charge in [0.2, 0.25) is 0 Å². The minimum atomic E-state index is -1.85. The summed E-state index contributed by atoms with van der Waals surface area (Å²) >= 11 is 0. The summed E-state index contributed by atoms with van der Waals surface area (Å²) in [5.41, 5.74) is 19.9. The van der Waals surface area contributed by atoms with Gasteiger partial charge in [-0.1, -0.05) is 177 Å². The summed E-state index contributed by atoms with van der Waals surface area (Å²) in [6.45, 7) is 33.0. The fraction of sp³-hybridized carbons (Fsp3) is 0.500. The van der Waals surface area contributed by atoms with Crippen LogP contribution in [0.3, 0.4) is 0 Å². The maximum Gasteiger partial charge on any atom is 0.146 e. The van der Waals surface area contributed by atoms with E-state index in [1.807, 2.05) is 24.3 Å². The minimum Gasteiger partial charge on any atom is -0.125 e. The van der Waals surface area contributed by atoms with Gasteiger partial charge in [0.05, 0.1) is 0 Å². The van der Waals surface area contributed by atoms with Crippen molar-refractivity contribution >= 4 is 16.1 Å². The molecule has 0 unspecified atom stereocenters. The number of benzene rings is 3. The van der Waals surface area contributed by atoms with Gasteiger partial charge >= 0.3 is 0 Å². The molecule has 0 aliphatic carbocycles. The highest BCUT2D eigenvalue weighted by Gasteiger charge is 2.42. The van der Waals surface area contributed by atoms with Crippen LogP contribution in [0.15, 0.2) is 60.7 Å². The van der Waals surface area contributed by atoms with Crippen molar-refractivity contribution in [3.8, 4) is 70.3 Å². The van der Waals surface area contributed by atoms with Crippen LogP contribution in [-0.2, 0) is 12.8 Å². The summed E-state index contributed by atoms with van der Waals surface area (Å²) in [6, 6.07) is 21.4. The van der Waals surface area contributed by atoms with Crippen LogP contribution >= 0.6 is 0 Å². The molecule has 0 radical (unpaired) electrons. The number of aryl methyl sites for hydroxylation is 2. The first-order chi connectivity index (χ1) is 29.6. The lowest BCUT2D eigenvalue weighted by molar-refractivity contribution is 0.667. The molecule has 0 saturated heterocycles. The standard InChI is InChI=1S/C60H78Si2/c1-15-17-19-21-30-55-41-57(45-59(43-55)36-38-61(47(3)4,48(5)6)49(7)8)32-25-23-28-53-34-27-35-54(40-53)29-24-26-33-58-42-56(31-22-20-18-16-2)44-60(46-58)37-39-62(50(9)10,51(11)12)52(13)14/h27,34-35,40-52H,15-22,30-31H2,1-14H3. The molecular formula is C60H78Si2. The smallest absolute Gasteiger partial charge is 0.125 e. The molecule has 0 N–H and O–H groups in total. The molecule has 0 nitrogen and oxygen atoms in total. The van der Waals surface area contributed by atoms with Gasteiger partial charge in [0.25, 0.3) is 0 Å². The first kappa shape index (κ1) is 51.8. The Morgan fingerprint density at radius 1 is 0.355 bits per heavy atom. The SMILES string of the molecule is CCCCCCc1cc(C#CC#Cc2cccc(C#CC#Cc3cc(C#C[Si](C(C)C)(C(C)C)C(C)C)cc(CCCCCC)c3)c2)cc(C#C[Si](C(C)C)(C(C)C)C(C)C)c1. The van der Waals surface area contributed by atoms with Gasteiger partial charge in [-0.15, -0.1) is 11.1 Å². The molecule has 3 aromatic rings. The van der Waals surface area contributed by atoms with Crippen molar-refractivity contribution in [2.75, 3.05) is 0 Å². The van der Waals surface area contributed by atoms with Crippen molar-refractivity contribution in [1.82, 2.24) is 0 Å². The molecule has 0 amide bonds. The van der Waals surface area contributed by atoms with E-state index in [2.05, 4.69) is 204 Å². The molecule has 0 aromatic heterocycles. The topological polar surface area (TPSA) is 0 Å². The second-order valence-electron chi connectivity index (χ2n) is 19.3. The van der Waals surface area contributed by atoms with E-state index in [1.54, 1.807) is 0 Å². The van der Waals surface area contributed by atoms with E-state index in [-0.39, 0.29) is 0 Å². The molecule has 0 heterocycles. The monoisotopic (exact) mass is 855 g/mol. The molecule has 62 heavy (non-hydrogen) atoms. The van der Waals surface area contributed by atoms with E-state index in [1.165, 1.54) is 62.5 Å². The molecule has 326 valence electrons. The molecule has 0 aliphatic heterocycles. The third-order valence-electron chi connectivity index (χ3n) is 13.0. The molecule has 0 atom stereocenters. The fourth-order valence-electron chi connectivity index (χ4n) is 9.79. The van der Waals surface area contributed by atoms with Gasteiger partial charge < -0.3 is 0 Å². The van der Waals surface area contributed by atoms with E-state index in [0.717, 1.165) is 46.2 Å². The van der Waals surface area contributed by atoms with Crippen molar-refractivity contribution in [3.05, 3.63) is 105 Å². The van der Waals surface area contributed by atoms with Gasteiger partial charge in [-0.05, 0) is 148 Å². The van der Waals surface area contributed by atoms with Crippen LogP contribution in [-0.4, -0.2) is 16.1 Å². The van der Waals surface area contributed by atoms with Crippen molar-refractivity contribution < 1.29 is 0 Å². The second kappa shape index (κ2) is 26.2. The average molecular weight is 855 g/mol. The Labute approximate surface area is 384 Å². The van der Waals surface area contributed by atoms with Gasteiger partial charge in [0.15, 0.2) is 0 Å². The molecule has 0 spiro atoms. The van der Waals surface area contributed by atoms with Gasteiger partial charge in [-0.3, -0.25) is 0 Å². The highest BCUT2D eigenvalue weighted by Crippen LogP contribution is 2.42. The van der Waals surface area contributed by atoms with E-state index in [9.17, 15) is 0 Å². The Bertz CT molecular complexity index is 2090. The first-order valence-electron chi connectivity index (χ1n) is 24.1. The number of hydrogen-bond acceptors (Lipinski definition) is 0. The van der Waals surface area contributed by atoms with Crippen LogP contribution in [0, 0.1) is 70.3 Å². The number of hydrogen-bond donors (Lipinski definition) is 0. The summed E-state index contributed by atoms with van der Waals surface area (Å²) in [5, 5.41) is 0. The van der Waals surface area contributed by atoms with Crippen LogP contribution in [0.4, 0.5) is 0 Å². The van der Waals surface area contributed by atoms with E-state index < -0.39 is 16.1 Å². The van der Waals surface area contributed by atoms with Gasteiger partial charge in [-0.2, -0.15) is 0 Å². The molecular weight excluding hydrogens is 777 g/mol. The predicted octanol–water partition coefficient (Wildman–Crippen LogP) is 15.9. The zero-order valence-electron chi connectivity index (χ0n) is 41.3.